The first kappa shape index (κ1) is 21.7. The SMILES string of the molecule is Cc1cccc(C2=CC(C)(C)CC(C)(C)C2)c1N1CCN(CC2CC2)CC1.Cl. The highest BCUT2D eigenvalue weighted by molar-refractivity contribution is 5.85. The van der Waals surface area contributed by atoms with Gasteiger partial charge in [-0.3, -0.25) is 4.90 Å². The molecule has 0 spiro atoms. The first-order valence-corrected chi connectivity index (χ1v) is 11.0. The molecule has 0 atom stereocenters. The standard InChI is InChI=1S/C25H38N2.ClH/c1-19-7-6-8-22(21-15-24(2,3)18-25(4,5)16-21)23(19)27-13-11-26(12-14-27)17-20-9-10-20;/h6-8,15,20H,9-14,16-18H2,1-5H3;1H. The lowest BCUT2D eigenvalue weighted by atomic mass is 9.65. The Morgan fingerprint density at radius 2 is 1.68 bits per heavy atom. The van der Waals surface area contributed by atoms with Crippen molar-refractivity contribution >= 4 is 23.7 Å². The summed E-state index contributed by atoms with van der Waals surface area (Å²) in [5.41, 5.74) is 6.65. The number of benzene rings is 1. The average molecular weight is 403 g/mol. The van der Waals surface area contributed by atoms with Crippen molar-refractivity contribution in [3.05, 3.63) is 35.4 Å². The lowest BCUT2D eigenvalue weighted by molar-refractivity contribution is 0.228. The predicted octanol–water partition coefficient (Wildman–Crippen LogP) is 6.18. The summed E-state index contributed by atoms with van der Waals surface area (Å²) in [7, 11) is 0. The van der Waals surface area contributed by atoms with E-state index in [2.05, 4.69) is 68.7 Å². The van der Waals surface area contributed by atoms with E-state index in [-0.39, 0.29) is 17.8 Å². The number of halogens is 1. The lowest BCUT2D eigenvalue weighted by Crippen LogP contribution is -2.47. The molecular formula is C25H39ClN2. The Hall–Kier alpha value is -0.990. The van der Waals surface area contributed by atoms with Crippen molar-refractivity contribution in [1.82, 2.24) is 4.90 Å². The van der Waals surface area contributed by atoms with Gasteiger partial charge in [-0.05, 0) is 60.5 Å². The van der Waals surface area contributed by atoms with E-state index in [1.807, 2.05) is 0 Å². The van der Waals surface area contributed by atoms with Crippen molar-refractivity contribution in [2.45, 2.75) is 60.3 Å². The number of nitrogens with zero attached hydrogens (tertiary/aromatic N) is 2. The summed E-state index contributed by atoms with van der Waals surface area (Å²) in [5, 5.41) is 0. The van der Waals surface area contributed by atoms with Gasteiger partial charge in [0.1, 0.15) is 0 Å². The Bertz CT molecular complexity index is 722. The number of anilines is 1. The Morgan fingerprint density at radius 3 is 2.29 bits per heavy atom. The quantitative estimate of drug-likeness (QED) is 0.593. The van der Waals surface area contributed by atoms with Crippen LogP contribution in [-0.2, 0) is 0 Å². The Kier molecular flexibility index (Phi) is 6.23. The maximum atomic E-state index is 2.69. The number of allylic oxidation sites excluding steroid dienone is 2. The van der Waals surface area contributed by atoms with Crippen LogP contribution in [0.4, 0.5) is 5.69 Å². The topological polar surface area (TPSA) is 6.48 Å². The van der Waals surface area contributed by atoms with Crippen LogP contribution in [0.15, 0.2) is 24.3 Å². The summed E-state index contributed by atoms with van der Waals surface area (Å²) in [5.74, 6) is 1.00. The van der Waals surface area contributed by atoms with Crippen LogP contribution in [0.5, 0.6) is 0 Å². The van der Waals surface area contributed by atoms with E-state index < -0.39 is 0 Å². The zero-order valence-corrected chi connectivity index (χ0v) is 19.4. The molecule has 1 aliphatic heterocycles. The van der Waals surface area contributed by atoms with Crippen LogP contribution in [0.1, 0.15) is 64.5 Å². The fourth-order valence-corrected chi connectivity index (χ4v) is 5.72. The molecule has 1 saturated carbocycles. The van der Waals surface area contributed by atoms with Crippen LogP contribution in [0.25, 0.3) is 5.57 Å². The monoisotopic (exact) mass is 402 g/mol. The van der Waals surface area contributed by atoms with Crippen LogP contribution in [0, 0.1) is 23.7 Å². The molecule has 0 radical (unpaired) electrons. The molecule has 1 aromatic rings. The normalized spacial score (nSPS) is 24.5. The number of hydrogen-bond donors (Lipinski definition) is 0. The van der Waals surface area contributed by atoms with Gasteiger partial charge in [0.15, 0.2) is 0 Å². The van der Waals surface area contributed by atoms with Gasteiger partial charge in [-0.1, -0.05) is 52.0 Å². The molecule has 1 aromatic carbocycles. The van der Waals surface area contributed by atoms with Gasteiger partial charge in [0.2, 0.25) is 0 Å². The van der Waals surface area contributed by atoms with E-state index in [4.69, 9.17) is 0 Å². The van der Waals surface area contributed by atoms with E-state index in [0.717, 1.165) is 5.92 Å². The van der Waals surface area contributed by atoms with Gasteiger partial charge in [-0.25, -0.2) is 0 Å². The highest BCUT2D eigenvalue weighted by Gasteiger charge is 2.35. The fourth-order valence-electron chi connectivity index (χ4n) is 5.72. The Labute approximate surface area is 178 Å². The van der Waals surface area contributed by atoms with Crippen molar-refractivity contribution < 1.29 is 0 Å². The van der Waals surface area contributed by atoms with Crippen molar-refractivity contribution in [3.63, 3.8) is 0 Å². The average Bonchev–Trinajstić information content (AvgIpc) is 3.37. The maximum absolute atomic E-state index is 2.69. The lowest BCUT2D eigenvalue weighted by Gasteiger charge is -2.42. The number of para-hydroxylation sites is 1. The van der Waals surface area contributed by atoms with Gasteiger partial charge in [0, 0.05) is 44.0 Å². The van der Waals surface area contributed by atoms with Crippen molar-refractivity contribution in [1.29, 1.82) is 0 Å². The molecule has 2 fully saturated rings. The van der Waals surface area contributed by atoms with E-state index in [1.54, 1.807) is 5.57 Å². The second kappa shape index (κ2) is 8.03. The molecule has 1 saturated heterocycles. The van der Waals surface area contributed by atoms with Gasteiger partial charge in [0.05, 0.1) is 0 Å². The zero-order chi connectivity index (χ0) is 19.2. The summed E-state index contributed by atoms with van der Waals surface area (Å²) in [6.45, 7) is 18.1. The summed E-state index contributed by atoms with van der Waals surface area (Å²) >= 11 is 0. The van der Waals surface area contributed by atoms with Crippen LogP contribution >= 0.6 is 12.4 Å². The number of aryl methyl sites for hydroxylation is 1. The van der Waals surface area contributed by atoms with Gasteiger partial charge in [0.25, 0.3) is 0 Å². The van der Waals surface area contributed by atoms with E-state index in [0.29, 0.717) is 5.41 Å². The third-order valence-electron chi connectivity index (χ3n) is 6.65. The van der Waals surface area contributed by atoms with E-state index in [9.17, 15) is 0 Å². The van der Waals surface area contributed by atoms with Crippen LogP contribution in [0.3, 0.4) is 0 Å². The third kappa shape index (κ3) is 4.94. The third-order valence-corrected chi connectivity index (χ3v) is 6.65. The number of hydrogen-bond acceptors (Lipinski definition) is 2. The smallest absolute Gasteiger partial charge is 0.0473 e. The first-order chi connectivity index (χ1) is 12.7. The molecule has 2 nitrogen and oxygen atoms in total. The van der Waals surface area contributed by atoms with Crippen LogP contribution in [-0.4, -0.2) is 37.6 Å². The van der Waals surface area contributed by atoms with E-state index >= 15 is 0 Å². The number of rotatable bonds is 4. The van der Waals surface area contributed by atoms with E-state index in [1.165, 1.54) is 75.2 Å². The maximum Gasteiger partial charge on any atom is 0.0473 e. The molecule has 28 heavy (non-hydrogen) atoms. The summed E-state index contributed by atoms with van der Waals surface area (Å²) < 4.78 is 0. The summed E-state index contributed by atoms with van der Waals surface area (Å²) in [6.07, 6.45) is 7.95. The van der Waals surface area contributed by atoms with Crippen molar-refractivity contribution in [2.24, 2.45) is 16.7 Å². The number of piperazine rings is 1. The van der Waals surface area contributed by atoms with Crippen LogP contribution in [0.2, 0.25) is 0 Å². The largest absolute Gasteiger partial charge is 0.368 e. The minimum atomic E-state index is 0. The molecule has 0 N–H and O–H groups in total. The molecule has 0 aromatic heterocycles. The van der Waals surface area contributed by atoms with Crippen molar-refractivity contribution in [3.8, 4) is 0 Å². The van der Waals surface area contributed by atoms with Gasteiger partial charge in [-0.15, -0.1) is 12.4 Å². The Balaban J connectivity index is 0.00000225. The summed E-state index contributed by atoms with van der Waals surface area (Å²) in [4.78, 5) is 5.36. The van der Waals surface area contributed by atoms with Crippen LogP contribution < -0.4 is 4.90 Å². The molecule has 4 rings (SSSR count). The molecule has 0 amide bonds. The molecule has 3 heteroatoms. The molecule has 1 heterocycles. The molecule has 156 valence electrons. The summed E-state index contributed by atoms with van der Waals surface area (Å²) in [6, 6.07) is 6.93. The molecule has 0 bridgehead atoms. The Morgan fingerprint density at radius 1 is 1.00 bits per heavy atom. The van der Waals surface area contributed by atoms with Crippen molar-refractivity contribution in [2.75, 3.05) is 37.6 Å². The highest BCUT2D eigenvalue weighted by Crippen LogP contribution is 2.49. The fraction of sp³-hybridized carbons (Fsp3) is 0.680. The minimum absolute atomic E-state index is 0. The minimum Gasteiger partial charge on any atom is -0.368 e. The van der Waals surface area contributed by atoms with Gasteiger partial charge in [-0.2, -0.15) is 0 Å². The predicted molar refractivity (Wildman–Crippen MR) is 125 cm³/mol. The second-order valence-electron chi connectivity index (χ2n) is 10.9. The highest BCUT2D eigenvalue weighted by atomic mass is 35.5. The zero-order valence-electron chi connectivity index (χ0n) is 18.6. The molecule has 2 aliphatic carbocycles. The van der Waals surface area contributed by atoms with Gasteiger partial charge < -0.3 is 4.90 Å². The second-order valence-corrected chi connectivity index (χ2v) is 10.9. The first-order valence-electron chi connectivity index (χ1n) is 11.0. The van der Waals surface area contributed by atoms with Gasteiger partial charge >= 0.3 is 0 Å². The molecule has 3 aliphatic rings. The molecule has 0 unspecified atom stereocenters. The molecular weight excluding hydrogens is 364 g/mol.